The SMILES string of the molecule is O=C(NC(CO)(CO)CO)c1ccc([N+](=O)[O-])c(Cl)c1. The van der Waals surface area contributed by atoms with E-state index in [0.717, 1.165) is 12.1 Å². The molecule has 1 aromatic rings. The predicted octanol–water partition coefficient (Wildman–Crippen LogP) is -0.306. The number of hydrogen-bond acceptors (Lipinski definition) is 6. The summed E-state index contributed by atoms with van der Waals surface area (Å²) in [5.74, 6) is -0.737. The number of carbonyl (C=O) groups is 1. The van der Waals surface area contributed by atoms with Crippen LogP contribution in [0.1, 0.15) is 10.4 Å². The summed E-state index contributed by atoms with van der Waals surface area (Å²) in [6.45, 7) is -2.02. The molecule has 0 radical (unpaired) electrons. The van der Waals surface area contributed by atoms with Crippen molar-refractivity contribution >= 4 is 23.2 Å². The van der Waals surface area contributed by atoms with Crippen molar-refractivity contribution in [3.05, 3.63) is 38.9 Å². The van der Waals surface area contributed by atoms with Crippen molar-refractivity contribution in [2.75, 3.05) is 19.8 Å². The van der Waals surface area contributed by atoms with Crippen molar-refractivity contribution in [1.29, 1.82) is 0 Å². The Labute approximate surface area is 118 Å². The maximum absolute atomic E-state index is 11.9. The summed E-state index contributed by atoms with van der Waals surface area (Å²) in [5, 5.41) is 39.9. The molecule has 9 heteroatoms. The predicted molar refractivity (Wildman–Crippen MR) is 69.6 cm³/mol. The quantitative estimate of drug-likeness (QED) is 0.421. The van der Waals surface area contributed by atoms with Crippen molar-refractivity contribution in [2.45, 2.75) is 5.54 Å². The Bertz CT molecular complexity index is 509. The van der Waals surface area contributed by atoms with E-state index in [2.05, 4.69) is 5.32 Å². The van der Waals surface area contributed by atoms with Crippen LogP contribution >= 0.6 is 11.6 Å². The Balaban J connectivity index is 2.99. The molecule has 0 heterocycles. The molecule has 0 aliphatic rings. The number of nitrogens with zero attached hydrogens (tertiary/aromatic N) is 1. The average molecular weight is 305 g/mol. The normalized spacial score (nSPS) is 11.2. The van der Waals surface area contributed by atoms with E-state index in [-0.39, 0.29) is 16.3 Å². The maximum atomic E-state index is 11.9. The van der Waals surface area contributed by atoms with Gasteiger partial charge in [0.15, 0.2) is 0 Å². The molecule has 0 aromatic heterocycles. The lowest BCUT2D eigenvalue weighted by molar-refractivity contribution is -0.384. The van der Waals surface area contributed by atoms with E-state index in [9.17, 15) is 14.9 Å². The maximum Gasteiger partial charge on any atom is 0.287 e. The number of aliphatic hydroxyl groups excluding tert-OH is 3. The summed E-state index contributed by atoms with van der Waals surface area (Å²) >= 11 is 5.67. The summed E-state index contributed by atoms with van der Waals surface area (Å²) < 4.78 is 0. The smallest absolute Gasteiger partial charge is 0.287 e. The number of halogens is 1. The molecule has 0 unspecified atom stereocenters. The van der Waals surface area contributed by atoms with Gasteiger partial charge in [-0.2, -0.15) is 0 Å². The molecule has 1 amide bonds. The Morgan fingerprint density at radius 2 is 1.85 bits per heavy atom. The van der Waals surface area contributed by atoms with Gasteiger partial charge < -0.3 is 20.6 Å². The molecule has 0 spiro atoms. The van der Waals surface area contributed by atoms with Gasteiger partial charge in [-0.25, -0.2) is 0 Å². The van der Waals surface area contributed by atoms with Gasteiger partial charge in [0.05, 0.1) is 24.7 Å². The molecule has 1 aromatic carbocycles. The minimum absolute atomic E-state index is 0.000301. The molecule has 0 bridgehead atoms. The highest BCUT2D eigenvalue weighted by Crippen LogP contribution is 2.25. The monoisotopic (exact) mass is 304 g/mol. The van der Waals surface area contributed by atoms with Gasteiger partial charge in [-0.05, 0) is 12.1 Å². The van der Waals surface area contributed by atoms with Crippen molar-refractivity contribution in [3.63, 3.8) is 0 Å². The second-order valence-electron chi connectivity index (χ2n) is 4.13. The van der Waals surface area contributed by atoms with Gasteiger partial charge in [-0.1, -0.05) is 11.6 Å². The van der Waals surface area contributed by atoms with Gasteiger partial charge in [0.25, 0.3) is 11.6 Å². The average Bonchev–Trinajstić information content (AvgIpc) is 2.44. The van der Waals surface area contributed by atoms with E-state index in [1.807, 2.05) is 0 Å². The van der Waals surface area contributed by atoms with Crippen molar-refractivity contribution in [2.24, 2.45) is 0 Å². The lowest BCUT2D eigenvalue weighted by atomic mass is 10.0. The van der Waals surface area contributed by atoms with Gasteiger partial charge in [0.1, 0.15) is 10.6 Å². The van der Waals surface area contributed by atoms with Crippen LogP contribution in [0.25, 0.3) is 0 Å². The van der Waals surface area contributed by atoms with E-state index in [0.29, 0.717) is 0 Å². The van der Waals surface area contributed by atoms with E-state index in [1.54, 1.807) is 0 Å². The molecule has 0 saturated carbocycles. The molecule has 1 rings (SSSR count). The number of nitro benzene ring substituents is 1. The third-order valence-corrected chi connectivity index (χ3v) is 3.00. The molecular formula is C11H13ClN2O6. The van der Waals surface area contributed by atoms with Crippen LogP contribution in [-0.4, -0.2) is 51.5 Å². The summed E-state index contributed by atoms with van der Waals surface area (Å²) in [6, 6.07) is 3.33. The molecule has 110 valence electrons. The number of hydrogen-bond donors (Lipinski definition) is 4. The molecule has 0 saturated heterocycles. The first-order valence-corrected chi connectivity index (χ1v) is 5.86. The Morgan fingerprint density at radius 1 is 1.30 bits per heavy atom. The summed E-state index contributed by atoms with van der Waals surface area (Å²) in [5.41, 5.74) is -1.92. The van der Waals surface area contributed by atoms with Gasteiger partial charge >= 0.3 is 0 Å². The lowest BCUT2D eigenvalue weighted by Gasteiger charge is -2.28. The van der Waals surface area contributed by atoms with Crippen LogP contribution in [0.3, 0.4) is 0 Å². The zero-order chi connectivity index (χ0) is 15.3. The number of amides is 1. The molecular weight excluding hydrogens is 292 g/mol. The van der Waals surface area contributed by atoms with E-state index in [4.69, 9.17) is 26.9 Å². The highest BCUT2D eigenvalue weighted by atomic mass is 35.5. The molecule has 0 aliphatic carbocycles. The first-order valence-electron chi connectivity index (χ1n) is 5.48. The van der Waals surface area contributed by atoms with Crippen molar-refractivity contribution < 1.29 is 25.0 Å². The van der Waals surface area contributed by atoms with Crippen LogP contribution in [-0.2, 0) is 0 Å². The van der Waals surface area contributed by atoms with Crippen LogP contribution in [0.2, 0.25) is 5.02 Å². The minimum atomic E-state index is -1.58. The molecule has 0 fully saturated rings. The van der Waals surface area contributed by atoms with Crippen molar-refractivity contribution in [3.8, 4) is 0 Å². The van der Waals surface area contributed by atoms with E-state index < -0.39 is 36.2 Å². The standard InChI is InChI=1S/C11H13ClN2O6/c12-8-3-7(1-2-9(8)14(19)20)10(18)13-11(4-15,5-16)6-17/h1-3,15-17H,4-6H2,(H,13,18). The van der Waals surface area contributed by atoms with Gasteiger partial charge in [-0.15, -0.1) is 0 Å². The van der Waals surface area contributed by atoms with Gasteiger partial charge in [-0.3, -0.25) is 14.9 Å². The molecule has 0 aliphatic heterocycles. The number of rotatable bonds is 6. The topological polar surface area (TPSA) is 133 Å². The van der Waals surface area contributed by atoms with E-state index >= 15 is 0 Å². The van der Waals surface area contributed by atoms with Crippen LogP contribution < -0.4 is 5.32 Å². The van der Waals surface area contributed by atoms with Gasteiger partial charge in [0.2, 0.25) is 0 Å². The zero-order valence-corrected chi connectivity index (χ0v) is 11.0. The third-order valence-electron chi connectivity index (χ3n) is 2.69. The van der Waals surface area contributed by atoms with Crippen molar-refractivity contribution in [1.82, 2.24) is 5.32 Å². The summed E-state index contributed by atoms with van der Waals surface area (Å²) in [7, 11) is 0. The van der Waals surface area contributed by atoms with Crippen LogP contribution in [0.5, 0.6) is 0 Å². The van der Waals surface area contributed by atoms with Crippen LogP contribution in [0, 0.1) is 10.1 Å². The Hall–Kier alpha value is -1.74. The highest BCUT2D eigenvalue weighted by Gasteiger charge is 2.30. The fraction of sp³-hybridized carbons (Fsp3) is 0.364. The summed E-state index contributed by atoms with van der Waals surface area (Å²) in [6.07, 6.45) is 0. The lowest BCUT2D eigenvalue weighted by Crippen LogP contribution is -2.57. The molecule has 4 N–H and O–H groups in total. The second-order valence-corrected chi connectivity index (χ2v) is 4.54. The number of nitro groups is 1. The van der Waals surface area contributed by atoms with E-state index in [1.165, 1.54) is 6.07 Å². The third kappa shape index (κ3) is 3.42. The highest BCUT2D eigenvalue weighted by molar-refractivity contribution is 6.33. The Kier molecular flexibility index (Phi) is 5.40. The largest absolute Gasteiger partial charge is 0.394 e. The first-order chi connectivity index (χ1) is 9.39. The second kappa shape index (κ2) is 6.62. The zero-order valence-electron chi connectivity index (χ0n) is 10.2. The minimum Gasteiger partial charge on any atom is -0.394 e. The molecule has 0 atom stereocenters. The summed E-state index contributed by atoms with van der Waals surface area (Å²) in [4.78, 5) is 21.8. The van der Waals surface area contributed by atoms with Gasteiger partial charge in [0, 0.05) is 11.6 Å². The fourth-order valence-corrected chi connectivity index (χ4v) is 1.63. The Morgan fingerprint density at radius 3 is 2.25 bits per heavy atom. The number of nitrogens with one attached hydrogen (secondary N) is 1. The number of aliphatic hydroxyl groups is 3. The fourth-order valence-electron chi connectivity index (χ4n) is 1.38. The number of benzene rings is 1. The molecule has 8 nitrogen and oxygen atoms in total. The number of carbonyl (C=O) groups excluding carboxylic acids is 1. The van der Waals surface area contributed by atoms with Crippen LogP contribution in [0.15, 0.2) is 18.2 Å². The van der Waals surface area contributed by atoms with Crippen LogP contribution in [0.4, 0.5) is 5.69 Å². The molecule has 20 heavy (non-hydrogen) atoms. The first kappa shape index (κ1) is 16.3.